The third-order valence-corrected chi connectivity index (χ3v) is 7.59. The molecule has 1 aromatic carbocycles. The van der Waals surface area contributed by atoms with Crippen LogP contribution >= 0.6 is 23.2 Å². The van der Waals surface area contributed by atoms with Gasteiger partial charge in [0.25, 0.3) is 0 Å². The van der Waals surface area contributed by atoms with Crippen molar-refractivity contribution in [1.82, 2.24) is 10.1 Å². The van der Waals surface area contributed by atoms with Gasteiger partial charge in [-0.2, -0.15) is 0 Å². The first kappa shape index (κ1) is 20.8. The monoisotopic (exact) mass is 481 g/mol. The second-order valence-corrected chi connectivity index (χ2v) is 9.90. The first-order valence-electron chi connectivity index (χ1n) is 11.1. The van der Waals surface area contributed by atoms with Crippen LogP contribution in [0.2, 0.25) is 10.0 Å². The van der Waals surface area contributed by atoms with Gasteiger partial charge in [-0.3, -0.25) is 4.98 Å². The molecule has 1 saturated heterocycles. The van der Waals surface area contributed by atoms with Crippen molar-refractivity contribution in [3.8, 4) is 11.3 Å². The molecule has 3 aromatic rings. The highest BCUT2D eigenvalue weighted by Crippen LogP contribution is 2.54. The van der Waals surface area contributed by atoms with Crippen molar-refractivity contribution < 1.29 is 14.4 Å². The van der Waals surface area contributed by atoms with Crippen LogP contribution in [0.3, 0.4) is 0 Å². The van der Waals surface area contributed by atoms with Crippen molar-refractivity contribution in [2.45, 2.75) is 18.8 Å². The van der Waals surface area contributed by atoms with Crippen LogP contribution < -0.4 is 4.90 Å². The van der Waals surface area contributed by atoms with Gasteiger partial charge in [-0.1, -0.05) is 40.5 Å². The van der Waals surface area contributed by atoms with Crippen LogP contribution in [0.25, 0.3) is 17.3 Å². The Balaban J connectivity index is 1.20. The number of anilines is 1. The molecular formula is C25H21Cl2N3O3. The zero-order valence-electron chi connectivity index (χ0n) is 17.6. The SMILES string of the molecule is O=C(O)c1ccc(N2CC3C(/C=C/c4c(-c5c(Cl)cncc5Cl)noc4C4CC4)C3C2)cc1. The van der Waals surface area contributed by atoms with Crippen molar-refractivity contribution in [3.63, 3.8) is 0 Å². The quantitative estimate of drug-likeness (QED) is 0.463. The molecule has 2 aliphatic carbocycles. The lowest BCUT2D eigenvalue weighted by molar-refractivity contribution is 0.0697. The van der Waals surface area contributed by atoms with Gasteiger partial charge in [0.15, 0.2) is 0 Å². The second-order valence-electron chi connectivity index (χ2n) is 9.08. The molecule has 3 aliphatic rings. The van der Waals surface area contributed by atoms with E-state index in [1.54, 1.807) is 24.5 Å². The maximum Gasteiger partial charge on any atom is 0.335 e. The van der Waals surface area contributed by atoms with Crippen molar-refractivity contribution >= 4 is 40.9 Å². The third kappa shape index (κ3) is 3.71. The molecular weight excluding hydrogens is 461 g/mol. The van der Waals surface area contributed by atoms with E-state index >= 15 is 0 Å². The number of carbonyl (C=O) groups is 1. The molecule has 1 N–H and O–H groups in total. The first-order valence-corrected chi connectivity index (χ1v) is 11.8. The zero-order chi connectivity index (χ0) is 22.7. The molecule has 6 nitrogen and oxygen atoms in total. The normalized spacial score (nSPS) is 23.8. The minimum absolute atomic E-state index is 0.314. The standard InChI is InChI=1S/C25H21Cl2N3O3/c26-20-9-28-10-21(27)22(20)23-17(24(33-29-23)13-1-2-13)8-7-16-18-11-30(12-19(16)18)15-5-3-14(4-6-15)25(31)32/h3-10,13,16,18-19H,1-2,11-12H2,(H,31,32)/b8-7+. The average Bonchev–Trinajstić information content (AvgIpc) is 3.67. The van der Waals surface area contributed by atoms with Gasteiger partial charge in [0.05, 0.1) is 15.6 Å². The fraction of sp³-hybridized carbons (Fsp3) is 0.320. The fourth-order valence-corrected chi connectivity index (χ4v) is 5.56. The zero-order valence-corrected chi connectivity index (χ0v) is 19.1. The summed E-state index contributed by atoms with van der Waals surface area (Å²) in [6, 6.07) is 7.13. The van der Waals surface area contributed by atoms with E-state index in [2.05, 4.69) is 27.2 Å². The van der Waals surface area contributed by atoms with E-state index < -0.39 is 5.97 Å². The van der Waals surface area contributed by atoms with Gasteiger partial charge in [0.1, 0.15) is 11.5 Å². The summed E-state index contributed by atoms with van der Waals surface area (Å²) in [5.41, 5.74) is 3.70. The summed E-state index contributed by atoms with van der Waals surface area (Å²) < 4.78 is 5.74. The van der Waals surface area contributed by atoms with Gasteiger partial charge in [0, 0.05) is 48.2 Å². The molecule has 2 aromatic heterocycles. The topological polar surface area (TPSA) is 79.5 Å². The number of carboxylic acids is 1. The number of aromatic carboxylic acids is 1. The highest BCUT2D eigenvalue weighted by molar-refractivity contribution is 6.39. The Morgan fingerprint density at radius 2 is 1.76 bits per heavy atom. The van der Waals surface area contributed by atoms with Crippen molar-refractivity contribution in [3.05, 3.63) is 69.7 Å². The van der Waals surface area contributed by atoms with Crippen molar-refractivity contribution in [2.75, 3.05) is 18.0 Å². The van der Waals surface area contributed by atoms with E-state index in [-0.39, 0.29) is 0 Å². The van der Waals surface area contributed by atoms with Gasteiger partial charge < -0.3 is 14.5 Å². The van der Waals surface area contributed by atoms with Crippen LogP contribution in [0.1, 0.15) is 40.4 Å². The van der Waals surface area contributed by atoms with Crippen LogP contribution in [0, 0.1) is 17.8 Å². The van der Waals surface area contributed by atoms with E-state index in [1.165, 1.54) is 0 Å². The molecule has 2 unspecified atom stereocenters. The number of hydrogen-bond acceptors (Lipinski definition) is 5. The molecule has 33 heavy (non-hydrogen) atoms. The number of rotatable bonds is 6. The summed E-state index contributed by atoms with van der Waals surface area (Å²) in [6.07, 6.45) is 9.79. The molecule has 2 atom stereocenters. The predicted molar refractivity (Wildman–Crippen MR) is 127 cm³/mol. The number of halogens is 2. The molecule has 168 valence electrons. The maximum atomic E-state index is 11.1. The molecule has 0 radical (unpaired) electrons. The molecule has 0 bridgehead atoms. The molecule has 0 spiro atoms. The Morgan fingerprint density at radius 1 is 1.09 bits per heavy atom. The van der Waals surface area contributed by atoms with E-state index in [9.17, 15) is 4.79 Å². The number of pyridine rings is 1. The number of benzene rings is 1. The smallest absolute Gasteiger partial charge is 0.335 e. The Labute approximate surface area is 200 Å². The molecule has 0 amide bonds. The van der Waals surface area contributed by atoms with Crippen LogP contribution in [-0.2, 0) is 0 Å². The molecule has 8 heteroatoms. The van der Waals surface area contributed by atoms with Gasteiger partial charge >= 0.3 is 5.97 Å². The third-order valence-electron chi connectivity index (χ3n) is 7.02. The van der Waals surface area contributed by atoms with Gasteiger partial charge in [-0.15, -0.1) is 0 Å². The Morgan fingerprint density at radius 3 is 2.36 bits per heavy atom. The van der Waals surface area contributed by atoms with Crippen molar-refractivity contribution in [1.29, 1.82) is 0 Å². The average molecular weight is 482 g/mol. The summed E-state index contributed by atoms with van der Waals surface area (Å²) in [5, 5.41) is 14.3. The minimum atomic E-state index is -0.899. The van der Waals surface area contributed by atoms with Crippen LogP contribution in [-0.4, -0.2) is 34.3 Å². The van der Waals surface area contributed by atoms with Gasteiger partial charge in [0.2, 0.25) is 0 Å². The summed E-state index contributed by atoms with van der Waals surface area (Å²) in [6.45, 7) is 1.94. The fourth-order valence-electron chi connectivity index (χ4n) is 5.02. The lowest BCUT2D eigenvalue weighted by atomic mass is 10.0. The molecule has 3 heterocycles. The predicted octanol–water partition coefficient (Wildman–Crippen LogP) is 6.01. The number of hydrogen-bond donors (Lipinski definition) is 1. The Kier molecular flexibility index (Phi) is 4.96. The van der Waals surface area contributed by atoms with Crippen LogP contribution in [0.4, 0.5) is 5.69 Å². The van der Waals surface area contributed by atoms with Crippen molar-refractivity contribution in [2.24, 2.45) is 17.8 Å². The molecule has 3 fully saturated rings. The number of piperidine rings is 1. The molecule has 6 rings (SSSR count). The summed E-state index contributed by atoms with van der Waals surface area (Å²) in [4.78, 5) is 17.5. The minimum Gasteiger partial charge on any atom is -0.478 e. The van der Waals surface area contributed by atoms with Gasteiger partial charge in [-0.25, -0.2) is 4.79 Å². The number of carboxylic acid groups (broad SMARTS) is 1. The second kappa shape index (κ2) is 7.89. The highest BCUT2D eigenvalue weighted by atomic mass is 35.5. The highest BCUT2D eigenvalue weighted by Gasteiger charge is 2.54. The van der Waals surface area contributed by atoms with E-state index in [1.807, 2.05) is 12.1 Å². The largest absolute Gasteiger partial charge is 0.478 e. The lowest BCUT2D eigenvalue weighted by Gasteiger charge is -2.21. The molecule has 2 saturated carbocycles. The number of fused-ring (bicyclic) bond motifs is 1. The summed E-state index contributed by atoms with van der Waals surface area (Å²) >= 11 is 12.8. The van der Waals surface area contributed by atoms with Gasteiger partial charge in [-0.05, 0) is 54.9 Å². The first-order chi connectivity index (χ1) is 16.0. The maximum absolute atomic E-state index is 11.1. The number of aromatic nitrogens is 2. The lowest BCUT2D eigenvalue weighted by Crippen LogP contribution is -2.23. The van der Waals surface area contributed by atoms with E-state index in [0.29, 0.717) is 50.5 Å². The van der Waals surface area contributed by atoms with Crippen LogP contribution in [0.5, 0.6) is 0 Å². The molecule has 1 aliphatic heterocycles. The van der Waals surface area contributed by atoms with E-state index in [4.69, 9.17) is 32.8 Å². The van der Waals surface area contributed by atoms with E-state index in [0.717, 1.165) is 42.9 Å². The summed E-state index contributed by atoms with van der Waals surface area (Å²) in [5.74, 6) is 2.13. The number of nitrogens with zero attached hydrogens (tertiary/aromatic N) is 3. The Hall–Kier alpha value is -2.83. The summed E-state index contributed by atoms with van der Waals surface area (Å²) in [7, 11) is 0. The number of allylic oxidation sites excluding steroid dienone is 1. The Bertz CT molecular complexity index is 1230. The van der Waals surface area contributed by atoms with Crippen LogP contribution in [0.15, 0.2) is 47.3 Å².